The molecule has 0 spiro atoms. The lowest BCUT2D eigenvalue weighted by Crippen LogP contribution is -2.28. The Kier molecular flexibility index (Phi) is 3.31. The minimum absolute atomic E-state index is 0.0415. The molecule has 3 heterocycles. The SMILES string of the molecule is CON=C(C)CC1NC(=O)c2ccsc2-n2cccc21. The molecule has 1 amide bonds. The van der Waals surface area contributed by atoms with Gasteiger partial charge in [0.15, 0.2) is 0 Å². The van der Waals surface area contributed by atoms with Crippen LogP contribution in [0.25, 0.3) is 5.00 Å². The number of nitrogens with zero attached hydrogens (tertiary/aromatic N) is 2. The number of carbonyl (C=O) groups excluding carboxylic acids is 1. The standard InChI is InChI=1S/C14H15N3O2S/c1-9(16-19-2)8-11-12-4-3-6-17(12)14-10(5-7-20-14)13(18)15-11/h3-7,11H,8H2,1-2H3,(H,15,18). The number of nitrogens with one attached hydrogen (secondary N) is 1. The lowest BCUT2D eigenvalue weighted by Gasteiger charge is -2.16. The topological polar surface area (TPSA) is 55.6 Å². The lowest BCUT2D eigenvalue weighted by molar-refractivity contribution is 0.0940. The summed E-state index contributed by atoms with van der Waals surface area (Å²) < 4.78 is 2.07. The Bertz CT molecular complexity index is 672. The zero-order valence-corrected chi connectivity index (χ0v) is 12.1. The first-order valence-corrected chi connectivity index (χ1v) is 7.21. The van der Waals surface area contributed by atoms with Gasteiger partial charge in [0.2, 0.25) is 0 Å². The van der Waals surface area contributed by atoms with Crippen LogP contribution in [0.1, 0.15) is 35.4 Å². The monoisotopic (exact) mass is 289 g/mol. The summed E-state index contributed by atoms with van der Waals surface area (Å²) in [7, 11) is 1.52. The predicted molar refractivity (Wildman–Crippen MR) is 78.6 cm³/mol. The average molecular weight is 289 g/mol. The third-order valence-corrected chi connectivity index (χ3v) is 4.21. The van der Waals surface area contributed by atoms with Crippen molar-refractivity contribution < 1.29 is 9.63 Å². The molecule has 0 saturated heterocycles. The van der Waals surface area contributed by atoms with Crippen LogP contribution in [-0.2, 0) is 4.84 Å². The summed E-state index contributed by atoms with van der Waals surface area (Å²) in [6, 6.07) is 5.78. The van der Waals surface area contributed by atoms with Gasteiger partial charge in [0.25, 0.3) is 5.91 Å². The van der Waals surface area contributed by atoms with E-state index in [2.05, 4.69) is 15.0 Å². The Morgan fingerprint density at radius 1 is 1.55 bits per heavy atom. The zero-order chi connectivity index (χ0) is 14.1. The molecule has 1 aliphatic heterocycles. The molecule has 104 valence electrons. The first kappa shape index (κ1) is 12.9. The van der Waals surface area contributed by atoms with E-state index in [1.54, 1.807) is 11.3 Å². The highest BCUT2D eigenvalue weighted by molar-refractivity contribution is 7.13. The molecule has 5 nitrogen and oxygen atoms in total. The summed E-state index contributed by atoms with van der Waals surface area (Å²) in [5, 5.41) is 9.89. The second kappa shape index (κ2) is 5.13. The molecule has 20 heavy (non-hydrogen) atoms. The zero-order valence-electron chi connectivity index (χ0n) is 11.3. The minimum Gasteiger partial charge on any atom is -0.399 e. The van der Waals surface area contributed by atoms with Gasteiger partial charge in [-0.25, -0.2) is 0 Å². The van der Waals surface area contributed by atoms with Crippen molar-refractivity contribution in [3.05, 3.63) is 41.0 Å². The van der Waals surface area contributed by atoms with Crippen LogP contribution in [0.15, 0.2) is 34.9 Å². The normalized spacial score (nSPS) is 18.0. The Hall–Kier alpha value is -2.08. The number of carbonyl (C=O) groups is 1. The van der Waals surface area contributed by atoms with Crippen LogP contribution in [0.5, 0.6) is 0 Å². The van der Waals surface area contributed by atoms with Gasteiger partial charge in [-0.15, -0.1) is 11.3 Å². The summed E-state index contributed by atoms with van der Waals surface area (Å²) in [5.41, 5.74) is 2.62. The van der Waals surface area contributed by atoms with Gasteiger partial charge in [-0.3, -0.25) is 4.79 Å². The third-order valence-electron chi connectivity index (χ3n) is 3.30. The summed E-state index contributed by atoms with van der Waals surface area (Å²) in [4.78, 5) is 17.1. The molecule has 6 heteroatoms. The van der Waals surface area contributed by atoms with Gasteiger partial charge in [-0.2, -0.15) is 0 Å². The molecule has 3 rings (SSSR count). The Morgan fingerprint density at radius 2 is 2.40 bits per heavy atom. The highest BCUT2D eigenvalue weighted by Crippen LogP contribution is 2.31. The average Bonchev–Trinajstić information content (AvgIpc) is 3.04. The number of aromatic nitrogens is 1. The van der Waals surface area contributed by atoms with Crippen LogP contribution in [0.4, 0.5) is 0 Å². The number of hydrogen-bond donors (Lipinski definition) is 1. The molecular weight excluding hydrogens is 274 g/mol. The van der Waals surface area contributed by atoms with Crippen LogP contribution in [0, 0.1) is 0 Å². The van der Waals surface area contributed by atoms with E-state index in [4.69, 9.17) is 4.84 Å². The Morgan fingerprint density at radius 3 is 3.20 bits per heavy atom. The molecule has 1 aliphatic rings. The molecule has 0 saturated carbocycles. The van der Waals surface area contributed by atoms with Gasteiger partial charge >= 0.3 is 0 Å². The van der Waals surface area contributed by atoms with Gasteiger partial charge in [0.1, 0.15) is 12.1 Å². The summed E-state index contributed by atoms with van der Waals surface area (Å²) >= 11 is 1.57. The van der Waals surface area contributed by atoms with E-state index < -0.39 is 0 Å². The second-order valence-electron chi connectivity index (χ2n) is 4.68. The lowest BCUT2D eigenvalue weighted by atomic mass is 10.1. The summed E-state index contributed by atoms with van der Waals surface area (Å²) in [6.07, 6.45) is 2.61. The van der Waals surface area contributed by atoms with Crippen LogP contribution in [-0.4, -0.2) is 23.3 Å². The quantitative estimate of drug-likeness (QED) is 0.697. The van der Waals surface area contributed by atoms with E-state index in [1.807, 2.05) is 36.7 Å². The van der Waals surface area contributed by atoms with Crippen LogP contribution in [0.2, 0.25) is 0 Å². The number of rotatable bonds is 3. The van der Waals surface area contributed by atoms with Gasteiger partial charge in [0.05, 0.1) is 17.3 Å². The second-order valence-corrected chi connectivity index (χ2v) is 5.58. The summed E-state index contributed by atoms with van der Waals surface area (Å²) in [5.74, 6) is -0.0415. The molecule has 0 bridgehead atoms. The molecule has 2 aromatic rings. The molecule has 0 aliphatic carbocycles. The predicted octanol–water partition coefficient (Wildman–Crippen LogP) is 2.74. The van der Waals surface area contributed by atoms with E-state index in [0.717, 1.165) is 22.0 Å². The Labute approximate surface area is 120 Å². The van der Waals surface area contributed by atoms with Crippen molar-refractivity contribution in [3.63, 3.8) is 0 Å². The van der Waals surface area contributed by atoms with Gasteiger partial charge in [-0.05, 0) is 30.5 Å². The molecule has 1 N–H and O–H groups in total. The van der Waals surface area contributed by atoms with Crippen molar-refractivity contribution in [2.45, 2.75) is 19.4 Å². The number of oxime groups is 1. The molecular formula is C14H15N3O2S. The molecule has 1 atom stereocenters. The fourth-order valence-corrected chi connectivity index (χ4v) is 3.38. The van der Waals surface area contributed by atoms with E-state index >= 15 is 0 Å². The fourth-order valence-electron chi connectivity index (χ4n) is 2.48. The first-order valence-electron chi connectivity index (χ1n) is 6.33. The number of fused-ring (bicyclic) bond motifs is 3. The van der Waals surface area contributed by atoms with Crippen molar-refractivity contribution in [2.24, 2.45) is 5.16 Å². The first-order chi connectivity index (χ1) is 9.70. The van der Waals surface area contributed by atoms with Crippen molar-refractivity contribution in [1.29, 1.82) is 0 Å². The maximum absolute atomic E-state index is 12.3. The van der Waals surface area contributed by atoms with E-state index in [0.29, 0.717) is 6.42 Å². The van der Waals surface area contributed by atoms with Crippen molar-refractivity contribution >= 4 is 23.0 Å². The molecule has 0 aromatic carbocycles. The van der Waals surface area contributed by atoms with E-state index in [-0.39, 0.29) is 11.9 Å². The maximum Gasteiger partial charge on any atom is 0.254 e. The smallest absolute Gasteiger partial charge is 0.254 e. The third kappa shape index (κ3) is 2.12. The van der Waals surface area contributed by atoms with Gasteiger partial charge in [-0.1, -0.05) is 5.16 Å². The maximum atomic E-state index is 12.3. The van der Waals surface area contributed by atoms with Gasteiger partial charge < -0.3 is 14.7 Å². The largest absolute Gasteiger partial charge is 0.399 e. The van der Waals surface area contributed by atoms with E-state index in [9.17, 15) is 4.79 Å². The highest BCUT2D eigenvalue weighted by Gasteiger charge is 2.27. The van der Waals surface area contributed by atoms with Crippen LogP contribution in [0.3, 0.4) is 0 Å². The van der Waals surface area contributed by atoms with Crippen molar-refractivity contribution in [2.75, 3.05) is 7.11 Å². The fraction of sp³-hybridized carbons (Fsp3) is 0.286. The van der Waals surface area contributed by atoms with Crippen LogP contribution >= 0.6 is 11.3 Å². The minimum atomic E-state index is -0.101. The molecule has 1 unspecified atom stereocenters. The van der Waals surface area contributed by atoms with Gasteiger partial charge in [0, 0.05) is 18.3 Å². The summed E-state index contributed by atoms with van der Waals surface area (Å²) in [6.45, 7) is 1.89. The molecule has 2 aromatic heterocycles. The van der Waals surface area contributed by atoms with E-state index in [1.165, 1.54) is 7.11 Å². The number of amides is 1. The van der Waals surface area contributed by atoms with Crippen molar-refractivity contribution in [3.8, 4) is 5.00 Å². The molecule has 0 radical (unpaired) electrons. The van der Waals surface area contributed by atoms with Crippen LogP contribution < -0.4 is 5.32 Å². The number of thiophene rings is 1. The van der Waals surface area contributed by atoms with Crippen molar-refractivity contribution in [1.82, 2.24) is 9.88 Å². The molecule has 0 fully saturated rings. The highest BCUT2D eigenvalue weighted by atomic mass is 32.1. The Balaban J connectivity index is 2.02. The number of hydrogen-bond acceptors (Lipinski definition) is 4.